The number of amides is 4. The van der Waals surface area contributed by atoms with Gasteiger partial charge < -0.3 is 14.2 Å². The first-order valence-corrected chi connectivity index (χ1v) is 10.4. The van der Waals surface area contributed by atoms with E-state index in [9.17, 15) is 19.2 Å². The number of nitrogens with one attached hydrogen (secondary N) is 1. The third kappa shape index (κ3) is 4.88. The molecule has 0 spiro atoms. The molecule has 1 aliphatic rings. The third-order valence-electron chi connectivity index (χ3n) is 5.12. The first kappa shape index (κ1) is 23.2. The minimum absolute atomic E-state index is 0.163. The van der Waals surface area contributed by atoms with Crippen LogP contribution in [0, 0.1) is 0 Å². The van der Waals surface area contributed by atoms with Gasteiger partial charge in [-0.15, -0.1) is 0 Å². The van der Waals surface area contributed by atoms with E-state index in [1.54, 1.807) is 54.6 Å². The second-order valence-corrected chi connectivity index (χ2v) is 7.33. The lowest BCUT2D eigenvalue weighted by atomic mass is 10.1. The van der Waals surface area contributed by atoms with Gasteiger partial charge in [-0.25, -0.2) is 14.5 Å². The number of barbiturate groups is 1. The van der Waals surface area contributed by atoms with E-state index in [2.05, 4.69) is 5.32 Å². The maximum absolute atomic E-state index is 13.1. The predicted octanol–water partition coefficient (Wildman–Crippen LogP) is 3.59. The fourth-order valence-corrected chi connectivity index (χ4v) is 3.40. The lowest BCUT2D eigenvalue weighted by Crippen LogP contribution is -2.54. The van der Waals surface area contributed by atoms with E-state index in [1.807, 2.05) is 0 Å². The number of urea groups is 1. The second-order valence-electron chi connectivity index (χ2n) is 7.33. The van der Waals surface area contributed by atoms with Crippen molar-refractivity contribution >= 4 is 35.6 Å². The quantitative estimate of drug-likeness (QED) is 0.253. The van der Waals surface area contributed by atoms with Gasteiger partial charge in [0.1, 0.15) is 11.3 Å². The smallest absolute Gasteiger partial charge is 0.343 e. The van der Waals surface area contributed by atoms with Crippen LogP contribution in [0.1, 0.15) is 15.9 Å². The van der Waals surface area contributed by atoms with Crippen molar-refractivity contribution in [1.29, 1.82) is 0 Å². The van der Waals surface area contributed by atoms with Crippen LogP contribution in [0.4, 0.5) is 10.5 Å². The van der Waals surface area contributed by atoms with Gasteiger partial charge in [0.2, 0.25) is 0 Å². The number of imide groups is 2. The van der Waals surface area contributed by atoms with E-state index >= 15 is 0 Å². The predicted molar refractivity (Wildman–Crippen MR) is 126 cm³/mol. The van der Waals surface area contributed by atoms with Gasteiger partial charge in [-0.2, -0.15) is 0 Å². The van der Waals surface area contributed by atoms with Crippen LogP contribution >= 0.6 is 0 Å². The van der Waals surface area contributed by atoms with Gasteiger partial charge in [0, 0.05) is 6.07 Å². The molecule has 1 heterocycles. The van der Waals surface area contributed by atoms with E-state index in [1.165, 1.54) is 38.5 Å². The zero-order valence-electron chi connectivity index (χ0n) is 18.8. The number of hydrogen-bond acceptors (Lipinski definition) is 7. The summed E-state index contributed by atoms with van der Waals surface area (Å²) in [6, 6.07) is 18.5. The number of esters is 1. The van der Waals surface area contributed by atoms with E-state index in [-0.39, 0.29) is 22.8 Å². The topological polar surface area (TPSA) is 111 Å². The summed E-state index contributed by atoms with van der Waals surface area (Å²) in [6.07, 6.45) is 1.32. The van der Waals surface area contributed by atoms with Crippen molar-refractivity contribution in [2.75, 3.05) is 19.1 Å². The number of benzene rings is 3. The minimum Gasteiger partial charge on any atom is -0.497 e. The summed E-state index contributed by atoms with van der Waals surface area (Å²) >= 11 is 0. The maximum Gasteiger partial charge on any atom is 0.343 e. The normalized spacial score (nSPS) is 14.5. The van der Waals surface area contributed by atoms with Crippen LogP contribution in [0.2, 0.25) is 0 Å². The number of anilines is 1. The number of ether oxygens (including phenoxy) is 3. The molecule has 3 aromatic rings. The average molecular weight is 472 g/mol. The molecule has 0 radical (unpaired) electrons. The van der Waals surface area contributed by atoms with Crippen LogP contribution in [0.5, 0.6) is 17.2 Å². The Morgan fingerprint density at radius 2 is 1.63 bits per heavy atom. The first-order chi connectivity index (χ1) is 16.9. The molecule has 1 fully saturated rings. The highest BCUT2D eigenvalue weighted by Crippen LogP contribution is 2.31. The number of carbonyl (C=O) groups is 4. The van der Waals surface area contributed by atoms with Crippen molar-refractivity contribution in [1.82, 2.24) is 5.32 Å². The largest absolute Gasteiger partial charge is 0.497 e. The van der Waals surface area contributed by atoms with Gasteiger partial charge >= 0.3 is 12.0 Å². The van der Waals surface area contributed by atoms with Crippen LogP contribution in [0.3, 0.4) is 0 Å². The number of nitrogens with zero attached hydrogens (tertiary/aromatic N) is 1. The van der Waals surface area contributed by atoms with Crippen LogP contribution in [-0.2, 0) is 9.59 Å². The van der Waals surface area contributed by atoms with E-state index in [0.717, 1.165) is 4.90 Å². The standard InChI is InChI=1S/C26H20N2O7/c1-33-19-10-6-9-18(15-19)28-24(30)20(23(29)27-26(28)32)13-16-11-12-21(22(14-16)34-2)35-25(31)17-7-4-3-5-8-17/h3-15H,1-2H3,(H,27,29,32). The fourth-order valence-electron chi connectivity index (χ4n) is 3.40. The molecule has 0 saturated carbocycles. The summed E-state index contributed by atoms with van der Waals surface area (Å²) in [4.78, 5) is 51.2. The Kier molecular flexibility index (Phi) is 6.59. The monoisotopic (exact) mass is 472 g/mol. The Bertz CT molecular complexity index is 1350. The van der Waals surface area contributed by atoms with Crippen molar-refractivity contribution in [3.05, 3.63) is 89.5 Å². The van der Waals surface area contributed by atoms with Crippen LogP contribution < -0.4 is 24.4 Å². The van der Waals surface area contributed by atoms with Gasteiger partial charge in [-0.1, -0.05) is 30.3 Å². The molecule has 9 heteroatoms. The van der Waals surface area contributed by atoms with Gasteiger partial charge in [-0.3, -0.25) is 14.9 Å². The van der Waals surface area contributed by atoms with E-state index in [0.29, 0.717) is 16.9 Å². The summed E-state index contributed by atoms with van der Waals surface area (Å²) in [6.45, 7) is 0. The van der Waals surface area contributed by atoms with Gasteiger partial charge in [-0.05, 0) is 48.0 Å². The zero-order chi connectivity index (χ0) is 24.9. The Balaban J connectivity index is 1.63. The molecule has 0 unspecified atom stereocenters. The summed E-state index contributed by atoms with van der Waals surface area (Å²) in [7, 11) is 2.86. The van der Waals surface area contributed by atoms with Crippen molar-refractivity contribution in [3.8, 4) is 17.2 Å². The Hall–Kier alpha value is -4.92. The number of carbonyl (C=O) groups excluding carboxylic acids is 4. The molecule has 9 nitrogen and oxygen atoms in total. The highest BCUT2D eigenvalue weighted by Gasteiger charge is 2.37. The Morgan fingerprint density at radius 3 is 2.34 bits per heavy atom. The maximum atomic E-state index is 13.1. The third-order valence-corrected chi connectivity index (χ3v) is 5.12. The summed E-state index contributed by atoms with van der Waals surface area (Å²) < 4.78 is 15.9. The van der Waals surface area contributed by atoms with Crippen molar-refractivity contribution in [2.24, 2.45) is 0 Å². The summed E-state index contributed by atoms with van der Waals surface area (Å²) in [5.41, 5.74) is 0.766. The molecule has 0 aliphatic carbocycles. The second kappa shape index (κ2) is 9.92. The van der Waals surface area contributed by atoms with Crippen LogP contribution in [-0.4, -0.2) is 38.0 Å². The molecule has 3 aromatic carbocycles. The molecular formula is C26H20N2O7. The van der Waals surface area contributed by atoms with E-state index < -0.39 is 23.8 Å². The molecule has 4 rings (SSSR count). The van der Waals surface area contributed by atoms with Crippen molar-refractivity contribution in [2.45, 2.75) is 0 Å². The fraction of sp³-hybridized carbons (Fsp3) is 0.0769. The molecule has 176 valence electrons. The van der Waals surface area contributed by atoms with Crippen molar-refractivity contribution in [3.63, 3.8) is 0 Å². The van der Waals surface area contributed by atoms with Gasteiger partial charge in [0.15, 0.2) is 11.5 Å². The molecule has 0 bridgehead atoms. The molecule has 1 N–H and O–H groups in total. The number of rotatable bonds is 6. The molecule has 35 heavy (non-hydrogen) atoms. The van der Waals surface area contributed by atoms with Gasteiger partial charge in [0.05, 0.1) is 25.5 Å². The molecule has 0 aromatic heterocycles. The SMILES string of the molecule is COc1cccc(N2C(=O)NC(=O)C(=Cc3ccc(OC(=O)c4ccccc4)c(OC)c3)C2=O)c1. The van der Waals surface area contributed by atoms with Crippen molar-refractivity contribution < 1.29 is 33.4 Å². The zero-order valence-corrected chi connectivity index (χ0v) is 18.8. The first-order valence-electron chi connectivity index (χ1n) is 10.4. The Labute approximate surface area is 200 Å². The van der Waals surface area contributed by atoms with Crippen LogP contribution in [0.15, 0.2) is 78.4 Å². The highest BCUT2D eigenvalue weighted by molar-refractivity contribution is 6.39. The summed E-state index contributed by atoms with van der Waals surface area (Å²) in [5.74, 6) is -1.38. The minimum atomic E-state index is -0.869. The molecule has 1 saturated heterocycles. The molecule has 0 atom stereocenters. The molecular weight excluding hydrogens is 452 g/mol. The number of hydrogen-bond donors (Lipinski definition) is 1. The van der Waals surface area contributed by atoms with Gasteiger partial charge in [0.25, 0.3) is 11.8 Å². The van der Waals surface area contributed by atoms with E-state index in [4.69, 9.17) is 14.2 Å². The number of methoxy groups -OCH3 is 2. The lowest BCUT2D eigenvalue weighted by molar-refractivity contribution is -0.122. The summed E-state index contributed by atoms with van der Waals surface area (Å²) in [5, 5.41) is 2.17. The highest BCUT2D eigenvalue weighted by atomic mass is 16.6. The molecule has 4 amide bonds. The van der Waals surface area contributed by atoms with Crippen LogP contribution in [0.25, 0.3) is 6.08 Å². The molecule has 1 aliphatic heterocycles. The average Bonchev–Trinajstić information content (AvgIpc) is 2.87. The Morgan fingerprint density at radius 1 is 0.857 bits per heavy atom. The lowest BCUT2D eigenvalue weighted by Gasteiger charge is -2.26.